The summed E-state index contributed by atoms with van der Waals surface area (Å²) in [6.45, 7) is 0.423. The Bertz CT molecular complexity index is 669. The van der Waals surface area contributed by atoms with E-state index in [2.05, 4.69) is 5.32 Å². The number of hydrogen-bond donors (Lipinski definition) is 1. The molecule has 1 amide bonds. The Morgan fingerprint density at radius 3 is 2.50 bits per heavy atom. The zero-order chi connectivity index (χ0) is 17.2. The van der Waals surface area contributed by atoms with Gasteiger partial charge in [0.15, 0.2) is 0 Å². The summed E-state index contributed by atoms with van der Waals surface area (Å²) < 4.78 is 17.4. The van der Waals surface area contributed by atoms with Gasteiger partial charge in [-0.15, -0.1) is 0 Å². The minimum absolute atomic E-state index is 0.173. The van der Waals surface area contributed by atoms with Crippen molar-refractivity contribution in [2.24, 2.45) is 0 Å². The van der Waals surface area contributed by atoms with E-state index in [1.165, 1.54) is 6.08 Å². The van der Waals surface area contributed by atoms with Gasteiger partial charge in [-0.1, -0.05) is 35.9 Å². The number of carbonyl (C=O) groups is 1. The van der Waals surface area contributed by atoms with Gasteiger partial charge in [0.25, 0.3) is 0 Å². The number of hydrogen-bond acceptors (Lipinski definition) is 2. The third kappa shape index (κ3) is 6.42. The molecule has 0 saturated heterocycles. The van der Waals surface area contributed by atoms with Gasteiger partial charge in [0, 0.05) is 24.1 Å². The van der Waals surface area contributed by atoms with Gasteiger partial charge in [-0.2, -0.15) is 0 Å². The molecule has 0 saturated carbocycles. The maximum Gasteiger partial charge on any atom is 0.244 e. The van der Waals surface area contributed by atoms with E-state index in [1.807, 2.05) is 24.3 Å². The minimum atomic E-state index is -0.383. The number of rotatable bonds is 8. The van der Waals surface area contributed by atoms with Gasteiger partial charge in [-0.3, -0.25) is 9.18 Å². The fourth-order valence-corrected chi connectivity index (χ4v) is 2.07. The Morgan fingerprint density at radius 1 is 1.12 bits per heavy atom. The molecular formula is C19H19ClFNO2. The lowest BCUT2D eigenvalue weighted by molar-refractivity contribution is -0.116. The average molecular weight is 348 g/mol. The lowest BCUT2D eigenvalue weighted by Crippen LogP contribution is -2.20. The van der Waals surface area contributed by atoms with Gasteiger partial charge in [0.1, 0.15) is 5.75 Å². The molecule has 5 heteroatoms. The van der Waals surface area contributed by atoms with Gasteiger partial charge in [-0.05, 0) is 41.5 Å². The van der Waals surface area contributed by atoms with Gasteiger partial charge < -0.3 is 10.1 Å². The molecule has 0 spiro atoms. The SMILES string of the molecule is O=C(/C=C/c1ccc(OCCCF)cc1)NCc1ccc(Cl)cc1. The summed E-state index contributed by atoms with van der Waals surface area (Å²) in [5.74, 6) is 0.515. The first-order chi connectivity index (χ1) is 11.7. The van der Waals surface area contributed by atoms with Crippen LogP contribution in [0.4, 0.5) is 4.39 Å². The second-order valence-corrected chi connectivity index (χ2v) is 5.57. The summed E-state index contributed by atoms with van der Waals surface area (Å²) in [5.41, 5.74) is 1.87. The monoisotopic (exact) mass is 347 g/mol. The molecule has 0 fully saturated rings. The third-order valence-electron chi connectivity index (χ3n) is 3.23. The molecule has 1 N–H and O–H groups in total. The van der Waals surface area contributed by atoms with Crippen molar-refractivity contribution in [1.82, 2.24) is 5.32 Å². The largest absolute Gasteiger partial charge is 0.493 e. The van der Waals surface area contributed by atoms with Crippen molar-refractivity contribution >= 4 is 23.6 Å². The highest BCUT2D eigenvalue weighted by atomic mass is 35.5. The van der Waals surface area contributed by atoms with Crippen molar-refractivity contribution in [3.63, 3.8) is 0 Å². The molecule has 0 atom stereocenters. The smallest absolute Gasteiger partial charge is 0.244 e. The predicted molar refractivity (Wildman–Crippen MR) is 94.9 cm³/mol. The summed E-state index contributed by atoms with van der Waals surface area (Å²) in [6.07, 6.45) is 3.59. The van der Waals surface area contributed by atoms with Crippen molar-refractivity contribution in [3.05, 3.63) is 70.8 Å². The van der Waals surface area contributed by atoms with Crippen molar-refractivity contribution in [2.45, 2.75) is 13.0 Å². The van der Waals surface area contributed by atoms with Gasteiger partial charge in [0.2, 0.25) is 5.91 Å². The van der Waals surface area contributed by atoms with Crippen LogP contribution >= 0.6 is 11.6 Å². The van der Waals surface area contributed by atoms with E-state index >= 15 is 0 Å². The number of benzene rings is 2. The standard InChI is InChI=1S/C19H19ClFNO2/c20-17-7-2-16(3-8-17)14-22-19(23)11-6-15-4-9-18(10-5-15)24-13-1-12-21/h2-11H,1,12-14H2,(H,22,23)/b11-6+. The molecular weight excluding hydrogens is 329 g/mol. The lowest BCUT2D eigenvalue weighted by Gasteiger charge is -2.05. The zero-order valence-electron chi connectivity index (χ0n) is 13.2. The van der Waals surface area contributed by atoms with Crippen LogP contribution in [0.25, 0.3) is 6.08 Å². The first-order valence-corrected chi connectivity index (χ1v) is 8.04. The molecule has 0 aromatic heterocycles. The summed E-state index contributed by atoms with van der Waals surface area (Å²) in [5, 5.41) is 3.47. The fourth-order valence-electron chi connectivity index (χ4n) is 1.94. The predicted octanol–water partition coefficient (Wildman–Crippen LogP) is 4.41. The summed E-state index contributed by atoms with van der Waals surface area (Å²) in [4.78, 5) is 11.8. The Balaban J connectivity index is 1.79. The molecule has 24 heavy (non-hydrogen) atoms. The van der Waals surface area contributed by atoms with Crippen LogP contribution in [0.15, 0.2) is 54.6 Å². The minimum Gasteiger partial charge on any atom is -0.493 e. The van der Waals surface area contributed by atoms with E-state index in [0.29, 0.717) is 30.3 Å². The van der Waals surface area contributed by atoms with Crippen LogP contribution in [0.3, 0.4) is 0 Å². The number of ether oxygens (including phenoxy) is 1. The first kappa shape index (κ1) is 18.0. The topological polar surface area (TPSA) is 38.3 Å². The fraction of sp³-hybridized carbons (Fsp3) is 0.211. The number of nitrogens with one attached hydrogen (secondary N) is 1. The molecule has 0 unspecified atom stereocenters. The van der Waals surface area contributed by atoms with Gasteiger partial charge in [-0.25, -0.2) is 0 Å². The lowest BCUT2D eigenvalue weighted by atomic mass is 10.2. The van der Waals surface area contributed by atoms with Crippen LogP contribution in [-0.2, 0) is 11.3 Å². The molecule has 2 aromatic carbocycles. The van der Waals surface area contributed by atoms with E-state index < -0.39 is 0 Å². The van der Waals surface area contributed by atoms with E-state index in [4.69, 9.17) is 16.3 Å². The number of halogens is 2. The van der Waals surface area contributed by atoms with Crippen LogP contribution in [0.1, 0.15) is 17.5 Å². The molecule has 2 rings (SSSR count). The highest BCUT2D eigenvalue weighted by Crippen LogP contribution is 2.13. The molecule has 3 nitrogen and oxygen atoms in total. The normalized spacial score (nSPS) is 10.8. The molecule has 0 heterocycles. The van der Waals surface area contributed by atoms with Crippen molar-refractivity contribution in [2.75, 3.05) is 13.3 Å². The summed E-state index contributed by atoms with van der Waals surface area (Å²) >= 11 is 5.81. The number of carbonyl (C=O) groups excluding carboxylic acids is 1. The highest BCUT2D eigenvalue weighted by molar-refractivity contribution is 6.30. The average Bonchev–Trinajstić information content (AvgIpc) is 2.61. The summed E-state index contributed by atoms with van der Waals surface area (Å²) in [6, 6.07) is 14.6. The van der Waals surface area contributed by atoms with Crippen LogP contribution in [-0.4, -0.2) is 19.2 Å². The van der Waals surface area contributed by atoms with E-state index in [0.717, 1.165) is 11.1 Å². The Kier molecular flexibility index (Phi) is 7.30. The van der Waals surface area contributed by atoms with Crippen LogP contribution in [0.2, 0.25) is 5.02 Å². The van der Waals surface area contributed by atoms with Crippen molar-refractivity contribution < 1.29 is 13.9 Å². The molecule has 0 radical (unpaired) electrons. The zero-order valence-corrected chi connectivity index (χ0v) is 13.9. The van der Waals surface area contributed by atoms with Gasteiger partial charge in [0.05, 0.1) is 13.3 Å². The molecule has 0 aliphatic rings. The first-order valence-electron chi connectivity index (χ1n) is 7.66. The maximum atomic E-state index is 12.0. The van der Waals surface area contributed by atoms with Crippen LogP contribution in [0.5, 0.6) is 5.75 Å². The van der Waals surface area contributed by atoms with Crippen LogP contribution < -0.4 is 10.1 Å². The molecule has 2 aromatic rings. The number of amides is 1. The second-order valence-electron chi connectivity index (χ2n) is 5.14. The number of alkyl halides is 1. The summed E-state index contributed by atoms with van der Waals surface area (Å²) in [7, 11) is 0. The molecule has 0 bridgehead atoms. The van der Waals surface area contributed by atoms with E-state index in [-0.39, 0.29) is 12.6 Å². The quantitative estimate of drug-likeness (QED) is 0.567. The molecule has 0 aliphatic heterocycles. The molecule has 0 aliphatic carbocycles. The third-order valence-corrected chi connectivity index (χ3v) is 3.49. The van der Waals surface area contributed by atoms with Crippen LogP contribution in [0, 0.1) is 0 Å². The van der Waals surface area contributed by atoms with Gasteiger partial charge >= 0.3 is 0 Å². The maximum absolute atomic E-state index is 12.0. The Labute approximate surface area is 146 Å². The van der Waals surface area contributed by atoms with E-state index in [1.54, 1.807) is 30.3 Å². The van der Waals surface area contributed by atoms with Crippen molar-refractivity contribution in [1.29, 1.82) is 0 Å². The van der Waals surface area contributed by atoms with Crippen molar-refractivity contribution in [3.8, 4) is 5.75 Å². The Hall–Kier alpha value is -2.33. The highest BCUT2D eigenvalue weighted by Gasteiger charge is 1.98. The molecule has 126 valence electrons. The van der Waals surface area contributed by atoms with E-state index in [9.17, 15) is 9.18 Å². The Morgan fingerprint density at radius 2 is 1.83 bits per heavy atom. The second kappa shape index (κ2) is 9.73.